The Bertz CT molecular complexity index is 1150. The second-order valence-corrected chi connectivity index (χ2v) is 8.61. The topological polar surface area (TPSA) is 88.8 Å². The molecule has 1 amide bonds. The van der Waals surface area contributed by atoms with Crippen LogP contribution in [0.15, 0.2) is 36.9 Å². The molecule has 3 aromatic heterocycles. The standard InChI is InChI=1S/C23H26F3N7O/c1-4-15-8-28-22(29-9-15)30-11-19-14(2)7-23(25,26)13-33(19)21(34)20-17(12-32(3)31-20)18-6-5-16(24)10-27-18/h5-6,8-10,12,14,19H,4,7,11,13H2,1-3H3,(H,28,29,30). The van der Waals surface area contributed by atoms with E-state index in [1.807, 2.05) is 6.92 Å². The van der Waals surface area contributed by atoms with E-state index < -0.39 is 36.2 Å². The number of aromatic nitrogens is 5. The second kappa shape index (κ2) is 9.40. The van der Waals surface area contributed by atoms with Crippen molar-refractivity contribution in [2.75, 3.05) is 18.4 Å². The molecule has 34 heavy (non-hydrogen) atoms. The van der Waals surface area contributed by atoms with Gasteiger partial charge in [0.1, 0.15) is 5.82 Å². The number of rotatable bonds is 6. The Kier molecular flexibility index (Phi) is 6.54. The largest absolute Gasteiger partial charge is 0.352 e. The highest BCUT2D eigenvalue weighted by Gasteiger charge is 2.46. The fourth-order valence-electron chi connectivity index (χ4n) is 4.21. The molecule has 0 radical (unpaired) electrons. The molecule has 180 valence electrons. The van der Waals surface area contributed by atoms with Crippen molar-refractivity contribution in [2.24, 2.45) is 13.0 Å². The summed E-state index contributed by atoms with van der Waals surface area (Å²) in [4.78, 5) is 27.3. The molecule has 3 aromatic rings. The quantitative estimate of drug-likeness (QED) is 0.589. The molecule has 1 N–H and O–H groups in total. The van der Waals surface area contributed by atoms with Gasteiger partial charge < -0.3 is 10.2 Å². The van der Waals surface area contributed by atoms with E-state index in [0.717, 1.165) is 23.1 Å². The smallest absolute Gasteiger partial charge is 0.275 e. The highest BCUT2D eigenvalue weighted by Crippen LogP contribution is 2.36. The van der Waals surface area contributed by atoms with Crippen LogP contribution in [-0.4, -0.2) is 60.6 Å². The summed E-state index contributed by atoms with van der Waals surface area (Å²) >= 11 is 0. The van der Waals surface area contributed by atoms with Crippen molar-refractivity contribution in [3.05, 3.63) is 54.0 Å². The average Bonchev–Trinajstić information content (AvgIpc) is 3.19. The minimum atomic E-state index is -3.03. The predicted octanol–water partition coefficient (Wildman–Crippen LogP) is 3.57. The molecule has 2 unspecified atom stereocenters. The number of hydrogen-bond acceptors (Lipinski definition) is 6. The highest BCUT2D eigenvalue weighted by molar-refractivity contribution is 5.98. The van der Waals surface area contributed by atoms with Crippen molar-refractivity contribution >= 4 is 11.9 Å². The number of carbonyl (C=O) groups excluding carboxylic acids is 1. The second-order valence-electron chi connectivity index (χ2n) is 8.61. The number of likely N-dealkylation sites (tertiary alicyclic amines) is 1. The zero-order valence-electron chi connectivity index (χ0n) is 19.2. The summed E-state index contributed by atoms with van der Waals surface area (Å²) in [5, 5.41) is 7.31. The number of pyridine rings is 1. The van der Waals surface area contributed by atoms with Gasteiger partial charge in [0, 0.05) is 38.6 Å². The third-order valence-electron chi connectivity index (χ3n) is 5.96. The fourth-order valence-corrected chi connectivity index (χ4v) is 4.21. The normalized spacial score (nSPS) is 19.8. The van der Waals surface area contributed by atoms with Gasteiger partial charge in [-0.1, -0.05) is 13.8 Å². The van der Waals surface area contributed by atoms with Gasteiger partial charge in [-0.05, 0) is 30.0 Å². The van der Waals surface area contributed by atoms with Gasteiger partial charge >= 0.3 is 0 Å². The summed E-state index contributed by atoms with van der Waals surface area (Å²) in [5.74, 6) is -4.32. The van der Waals surface area contributed by atoms with Gasteiger partial charge in [0.15, 0.2) is 5.69 Å². The van der Waals surface area contributed by atoms with Crippen LogP contribution in [0.25, 0.3) is 11.3 Å². The number of amides is 1. The van der Waals surface area contributed by atoms with Crippen molar-refractivity contribution in [1.29, 1.82) is 0 Å². The molecule has 0 aromatic carbocycles. The first-order valence-corrected chi connectivity index (χ1v) is 11.1. The SMILES string of the molecule is CCc1cnc(NCC2C(C)CC(F)(F)CN2C(=O)c2nn(C)cc2-c2ccc(F)cn2)nc1. The van der Waals surface area contributed by atoms with Crippen molar-refractivity contribution in [3.8, 4) is 11.3 Å². The van der Waals surface area contributed by atoms with Crippen LogP contribution in [0.3, 0.4) is 0 Å². The highest BCUT2D eigenvalue weighted by atomic mass is 19.3. The van der Waals surface area contributed by atoms with Gasteiger partial charge in [-0.3, -0.25) is 14.5 Å². The van der Waals surface area contributed by atoms with E-state index in [-0.39, 0.29) is 18.7 Å². The van der Waals surface area contributed by atoms with Crippen LogP contribution >= 0.6 is 0 Å². The van der Waals surface area contributed by atoms with Gasteiger partial charge in [-0.15, -0.1) is 0 Å². The van der Waals surface area contributed by atoms with Gasteiger partial charge in [-0.25, -0.2) is 23.1 Å². The number of nitrogens with zero attached hydrogens (tertiary/aromatic N) is 6. The maximum Gasteiger partial charge on any atom is 0.275 e. The van der Waals surface area contributed by atoms with Crippen LogP contribution in [0.4, 0.5) is 19.1 Å². The van der Waals surface area contributed by atoms with E-state index >= 15 is 0 Å². The van der Waals surface area contributed by atoms with E-state index in [0.29, 0.717) is 17.2 Å². The molecule has 1 saturated heterocycles. The third-order valence-corrected chi connectivity index (χ3v) is 5.96. The van der Waals surface area contributed by atoms with Crippen LogP contribution in [0.5, 0.6) is 0 Å². The molecular weight excluding hydrogens is 447 g/mol. The van der Waals surface area contributed by atoms with Gasteiger partial charge in [-0.2, -0.15) is 5.10 Å². The number of anilines is 1. The molecular formula is C23H26F3N7O. The Hall–Kier alpha value is -3.50. The predicted molar refractivity (Wildman–Crippen MR) is 120 cm³/mol. The van der Waals surface area contributed by atoms with Crippen LogP contribution in [0, 0.1) is 11.7 Å². The molecule has 0 spiro atoms. The number of aryl methyl sites for hydroxylation is 2. The molecule has 1 aliphatic heterocycles. The lowest BCUT2D eigenvalue weighted by Gasteiger charge is -2.43. The Balaban J connectivity index is 1.62. The van der Waals surface area contributed by atoms with Crippen LogP contribution < -0.4 is 5.32 Å². The summed E-state index contributed by atoms with van der Waals surface area (Å²) < 4.78 is 43.9. The van der Waals surface area contributed by atoms with Crippen molar-refractivity contribution in [1.82, 2.24) is 29.6 Å². The van der Waals surface area contributed by atoms with Crippen LogP contribution in [0.2, 0.25) is 0 Å². The van der Waals surface area contributed by atoms with Gasteiger partial charge in [0.2, 0.25) is 5.95 Å². The Morgan fingerprint density at radius 3 is 2.59 bits per heavy atom. The lowest BCUT2D eigenvalue weighted by molar-refractivity contribution is -0.0898. The Labute approximate surface area is 195 Å². The molecule has 1 fully saturated rings. The number of hydrogen-bond donors (Lipinski definition) is 1. The first-order chi connectivity index (χ1) is 16.2. The minimum absolute atomic E-state index is 0.0138. The Morgan fingerprint density at radius 2 is 1.94 bits per heavy atom. The van der Waals surface area contributed by atoms with Gasteiger partial charge in [0.25, 0.3) is 11.8 Å². The summed E-state index contributed by atoms with van der Waals surface area (Å²) in [6.45, 7) is 3.16. The van der Waals surface area contributed by atoms with E-state index in [2.05, 4.69) is 25.4 Å². The maximum atomic E-state index is 14.6. The van der Waals surface area contributed by atoms with E-state index in [4.69, 9.17) is 0 Å². The molecule has 0 saturated carbocycles. The molecule has 2 atom stereocenters. The molecule has 1 aliphatic rings. The fraction of sp³-hybridized carbons (Fsp3) is 0.435. The monoisotopic (exact) mass is 473 g/mol. The zero-order valence-corrected chi connectivity index (χ0v) is 19.2. The molecule has 8 nitrogen and oxygen atoms in total. The number of piperidine rings is 1. The average molecular weight is 474 g/mol. The minimum Gasteiger partial charge on any atom is -0.352 e. The lowest BCUT2D eigenvalue weighted by atomic mass is 9.88. The summed E-state index contributed by atoms with van der Waals surface area (Å²) in [6, 6.07) is 2.10. The Morgan fingerprint density at radius 1 is 1.21 bits per heavy atom. The first kappa shape index (κ1) is 23.7. The molecule has 0 bridgehead atoms. The van der Waals surface area contributed by atoms with Crippen molar-refractivity contribution < 1.29 is 18.0 Å². The molecule has 0 aliphatic carbocycles. The van der Waals surface area contributed by atoms with E-state index in [1.165, 1.54) is 16.8 Å². The van der Waals surface area contributed by atoms with Crippen molar-refractivity contribution in [2.45, 2.75) is 38.7 Å². The molecule has 4 rings (SSSR count). The molecule has 11 heteroatoms. The number of alkyl halides is 2. The molecule has 4 heterocycles. The first-order valence-electron chi connectivity index (χ1n) is 11.1. The van der Waals surface area contributed by atoms with Crippen LogP contribution in [-0.2, 0) is 13.5 Å². The number of halogens is 3. The summed E-state index contributed by atoms with van der Waals surface area (Å²) in [5.41, 5.74) is 1.64. The number of carbonyl (C=O) groups is 1. The van der Waals surface area contributed by atoms with Crippen molar-refractivity contribution in [3.63, 3.8) is 0 Å². The van der Waals surface area contributed by atoms with E-state index in [9.17, 15) is 18.0 Å². The number of nitrogens with one attached hydrogen (secondary N) is 1. The third kappa shape index (κ3) is 5.02. The van der Waals surface area contributed by atoms with Gasteiger partial charge in [0.05, 0.1) is 30.0 Å². The summed E-state index contributed by atoms with van der Waals surface area (Å²) in [7, 11) is 1.62. The maximum absolute atomic E-state index is 14.6. The van der Waals surface area contributed by atoms with E-state index in [1.54, 1.807) is 32.6 Å². The lowest BCUT2D eigenvalue weighted by Crippen LogP contribution is -2.57. The summed E-state index contributed by atoms with van der Waals surface area (Å²) in [6.07, 6.45) is 6.46. The zero-order chi connectivity index (χ0) is 24.5. The van der Waals surface area contributed by atoms with Crippen LogP contribution in [0.1, 0.15) is 36.3 Å².